The van der Waals surface area contributed by atoms with Crippen LogP contribution in [-0.4, -0.2) is 31.0 Å². The number of nitrogens with one attached hydrogen (secondary N) is 2. The summed E-state index contributed by atoms with van der Waals surface area (Å²) in [7, 11) is 1.36. The van der Waals surface area contributed by atoms with Crippen molar-refractivity contribution in [1.29, 1.82) is 5.26 Å². The minimum atomic E-state index is -1.75. The van der Waals surface area contributed by atoms with E-state index in [4.69, 9.17) is 33.7 Å². The monoisotopic (exact) mass is 614 g/mol. The zero-order valence-corrected chi connectivity index (χ0v) is 24.9. The fraction of sp³-hybridized carbons (Fsp3) is 0.323. The van der Waals surface area contributed by atoms with E-state index in [0.29, 0.717) is 6.42 Å². The predicted octanol–water partition coefficient (Wildman–Crippen LogP) is 6.34. The van der Waals surface area contributed by atoms with E-state index < -0.39 is 46.9 Å². The number of hydrogen-bond donors (Lipinski definition) is 3. The molecular formula is C31H30Cl2F2N4O3. The van der Waals surface area contributed by atoms with Crippen LogP contribution < -0.4 is 21.1 Å². The molecule has 0 radical (unpaired) electrons. The lowest BCUT2D eigenvalue weighted by Gasteiger charge is -2.37. The summed E-state index contributed by atoms with van der Waals surface area (Å²) >= 11 is 12.1. The Morgan fingerprint density at radius 2 is 1.71 bits per heavy atom. The summed E-state index contributed by atoms with van der Waals surface area (Å²) < 4.78 is 36.8. The van der Waals surface area contributed by atoms with Crippen LogP contribution in [0, 0.1) is 28.4 Å². The van der Waals surface area contributed by atoms with Crippen molar-refractivity contribution in [2.24, 2.45) is 11.1 Å². The number of nitriles is 1. The molecule has 42 heavy (non-hydrogen) atoms. The number of primary amides is 1. The molecule has 0 aliphatic carbocycles. The lowest BCUT2D eigenvalue weighted by Crippen LogP contribution is -2.45. The quantitative estimate of drug-likeness (QED) is 0.287. The zero-order chi connectivity index (χ0) is 31.0. The summed E-state index contributed by atoms with van der Waals surface area (Å²) in [5, 5.41) is 17.2. The topological polar surface area (TPSA) is 117 Å². The first-order valence-electron chi connectivity index (χ1n) is 13.1. The maximum atomic E-state index is 15.7. The lowest BCUT2D eigenvalue weighted by atomic mass is 9.62. The molecule has 3 aromatic rings. The molecule has 7 nitrogen and oxygen atoms in total. The zero-order valence-electron chi connectivity index (χ0n) is 23.4. The molecule has 0 spiro atoms. The first-order chi connectivity index (χ1) is 19.7. The first kappa shape index (κ1) is 31.2. The fourth-order valence-electron chi connectivity index (χ4n) is 5.71. The Labute approximate surface area is 252 Å². The van der Waals surface area contributed by atoms with Crippen LogP contribution in [0.4, 0.5) is 14.5 Å². The van der Waals surface area contributed by atoms with E-state index in [9.17, 15) is 14.9 Å². The van der Waals surface area contributed by atoms with Crippen LogP contribution in [0.5, 0.6) is 5.75 Å². The molecular weight excluding hydrogens is 585 g/mol. The van der Waals surface area contributed by atoms with E-state index in [1.54, 1.807) is 0 Å². The number of ether oxygens (including phenoxy) is 1. The molecule has 1 saturated heterocycles. The molecule has 4 N–H and O–H groups in total. The molecule has 4 rings (SSSR count). The fourth-order valence-corrected chi connectivity index (χ4v) is 6.03. The highest BCUT2D eigenvalue weighted by Crippen LogP contribution is 2.52. The Hall–Kier alpha value is -3.71. The number of benzene rings is 3. The summed E-state index contributed by atoms with van der Waals surface area (Å²) in [5.74, 6) is -3.87. The largest absolute Gasteiger partial charge is 0.495 e. The smallest absolute Gasteiger partial charge is 0.248 e. The Morgan fingerprint density at radius 3 is 2.26 bits per heavy atom. The second kappa shape index (κ2) is 11.9. The molecule has 0 unspecified atom stereocenters. The highest BCUT2D eigenvalue weighted by molar-refractivity contribution is 6.30. The number of hydrogen-bond acceptors (Lipinski definition) is 5. The Kier molecular flexibility index (Phi) is 8.84. The number of anilines is 1. The van der Waals surface area contributed by atoms with Crippen LogP contribution in [0.25, 0.3) is 0 Å². The number of carbonyl (C=O) groups excluding carboxylic acids is 2. The van der Waals surface area contributed by atoms with Gasteiger partial charge in [0.05, 0.1) is 24.9 Å². The van der Waals surface area contributed by atoms with Gasteiger partial charge in [-0.1, -0.05) is 56.1 Å². The second-order valence-electron chi connectivity index (χ2n) is 11.5. The van der Waals surface area contributed by atoms with Crippen LogP contribution >= 0.6 is 23.2 Å². The van der Waals surface area contributed by atoms with E-state index in [1.807, 2.05) is 20.8 Å². The standard InChI is InChI=1S/C31H30Cl2F2N4O3/c1-30(2,3)14-25-31(15-36,20-9-7-18(33)13-22(20)35)26(19-8-6-17(32)12-21(19)34)27(39-25)29(41)38-23-10-5-16(28(37)40)11-24(23)42-4/h5-13,25-27,39H,14H2,1-4H3,(H2,37,40)(H,38,41)/t25-,26-,27+,31-/m0/s1. The average molecular weight is 616 g/mol. The molecule has 1 heterocycles. The number of nitrogens with two attached hydrogens (primary N) is 1. The summed E-state index contributed by atoms with van der Waals surface area (Å²) in [5.41, 5.74) is 3.61. The summed E-state index contributed by atoms with van der Waals surface area (Å²) in [6.45, 7) is 5.85. The van der Waals surface area contributed by atoms with E-state index in [2.05, 4.69) is 16.7 Å². The van der Waals surface area contributed by atoms with Crippen molar-refractivity contribution in [2.45, 2.75) is 50.6 Å². The maximum Gasteiger partial charge on any atom is 0.248 e. The van der Waals surface area contributed by atoms with Crippen molar-refractivity contribution in [2.75, 3.05) is 12.4 Å². The molecule has 1 aliphatic heterocycles. The number of amides is 2. The van der Waals surface area contributed by atoms with Crippen LogP contribution in [0.15, 0.2) is 54.6 Å². The van der Waals surface area contributed by atoms with Gasteiger partial charge in [-0.25, -0.2) is 8.78 Å². The van der Waals surface area contributed by atoms with Crippen molar-refractivity contribution < 1.29 is 23.1 Å². The van der Waals surface area contributed by atoms with Crippen LogP contribution in [0.2, 0.25) is 10.0 Å². The molecule has 220 valence electrons. The van der Waals surface area contributed by atoms with Crippen molar-refractivity contribution in [3.05, 3.63) is 93.0 Å². The normalized spacial score (nSPS) is 21.9. The van der Waals surface area contributed by atoms with Gasteiger partial charge in [0.15, 0.2) is 0 Å². The van der Waals surface area contributed by atoms with Gasteiger partial charge in [0.1, 0.15) is 22.8 Å². The molecule has 1 aliphatic rings. The number of methoxy groups -OCH3 is 1. The van der Waals surface area contributed by atoms with E-state index in [1.165, 1.54) is 49.6 Å². The molecule has 3 aromatic carbocycles. The molecule has 1 fully saturated rings. The van der Waals surface area contributed by atoms with E-state index >= 15 is 8.78 Å². The van der Waals surface area contributed by atoms with Gasteiger partial charge in [0.25, 0.3) is 0 Å². The van der Waals surface area contributed by atoms with E-state index in [-0.39, 0.29) is 43.6 Å². The van der Waals surface area contributed by atoms with Crippen LogP contribution in [-0.2, 0) is 10.2 Å². The minimum absolute atomic E-state index is 0.00963. The first-order valence-corrected chi connectivity index (χ1v) is 13.8. The molecule has 4 atom stereocenters. The van der Waals surface area contributed by atoms with Gasteiger partial charge in [-0.05, 0) is 59.9 Å². The van der Waals surface area contributed by atoms with Gasteiger partial charge in [0.2, 0.25) is 11.8 Å². The lowest BCUT2D eigenvalue weighted by molar-refractivity contribution is -0.118. The maximum absolute atomic E-state index is 15.7. The third-order valence-corrected chi connectivity index (χ3v) is 7.93. The van der Waals surface area contributed by atoms with Crippen molar-refractivity contribution >= 4 is 40.7 Å². The Morgan fingerprint density at radius 1 is 1.07 bits per heavy atom. The minimum Gasteiger partial charge on any atom is -0.495 e. The molecule has 0 bridgehead atoms. The summed E-state index contributed by atoms with van der Waals surface area (Å²) in [4.78, 5) is 25.7. The number of nitrogens with zero attached hydrogens (tertiary/aromatic N) is 1. The van der Waals surface area contributed by atoms with Gasteiger partial charge in [-0.15, -0.1) is 0 Å². The van der Waals surface area contributed by atoms with Gasteiger partial charge < -0.3 is 21.1 Å². The number of carbonyl (C=O) groups is 2. The summed E-state index contributed by atoms with van der Waals surface area (Å²) in [6.07, 6.45) is 0.328. The third-order valence-electron chi connectivity index (χ3n) is 7.46. The molecule has 0 aromatic heterocycles. The number of rotatable bonds is 7. The highest BCUT2D eigenvalue weighted by Gasteiger charge is 2.61. The Balaban J connectivity index is 1.94. The van der Waals surface area contributed by atoms with Gasteiger partial charge in [0, 0.05) is 33.1 Å². The summed E-state index contributed by atoms with van der Waals surface area (Å²) in [6, 6.07) is 12.5. The van der Waals surface area contributed by atoms with Crippen LogP contribution in [0.3, 0.4) is 0 Å². The second-order valence-corrected chi connectivity index (χ2v) is 12.4. The average Bonchev–Trinajstić information content (AvgIpc) is 3.21. The van der Waals surface area contributed by atoms with Gasteiger partial charge in [-0.2, -0.15) is 5.26 Å². The van der Waals surface area contributed by atoms with Crippen molar-refractivity contribution in [3.63, 3.8) is 0 Å². The Bertz CT molecular complexity index is 1590. The van der Waals surface area contributed by atoms with Crippen molar-refractivity contribution in [3.8, 4) is 11.8 Å². The molecule has 11 heteroatoms. The van der Waals surface area contributed by atoms with Gasteiger partial charge >= 0.3 is 0 Å². The molecule has 2 amide bonds. The SMILES string of the molecule is COc1cc(C(N)=O)ccc1NC(=O)[C@@H]1N[C@@H](CC(C)(C)C)[C@](C#N)(c2ccc(Cl)cc2F)[C@H]1c1ccc(Cl)cc1F. The van der Waals surface area contributed by atoms with E-state index in [0.717, 1.165) is 12.1 Å². The number of halogens is 4. The predicted molar refractivity (Wildman–Crippen MR) is 158 cm³/mol. The van der Waals surface area contributed by atoms with Crippen LogP contribution in [0.1, 0.15) is 54.6 Å². The highest BCUT2D eigenvalue weighted by atomic mass is 35.5. The van der Waals surface area contributed by atoms with Crippen molar-refractivity contribution in [1.82, 2.24) is 5.32 Å². The third kappa shape index (κ3) is 5.93. The molecule has 0 saturated carbocycles. The van der Waals surface area contributed by atoms with Gasteiger partial charge in [-0.3, -0.25) is 9.59 Å².